The van der Waals surface area contributed by atoms with Crippen LogP contribution in [0.25, 0.3) is 5.65 Å². The third-order valence-corrected chi connectivity index (χ3v) is 4.18. The maximum absolute atomic E-state index is 10.5. The molecule has 2 aromatic heterocycles. The SMILES string of the molecule is OC[C@@H](Nc1nccn2nnnc12)[C@@H](O)C1CCCCC1. The summed E-state index contributed by atoms with van der Waals surface area (Å²) in [5, 5.41) is 34.5. The third kappa shape index (κ3) is 2.96. The second-order valence-electron chi connectivity index (χ2n) is 5.54. The van der Waals surface area contributed by atoms with Gasteiger partial charge in [0.15, 0.2) is 5.82 Å². The van der Waals surface area contributed by atoms with E-state index in [0.29, 0.717) is 11.5 Å². The Bertz CT molecular complexity index is 583. The molecule has 3 N–H and O–H groups in total. The van der Waals surface area contributed by atoms with Crippen LogP contribution in [0.2, 0.25) is 0 Å². The summed E-state index contributed by atoms with van der Waals surface area (Å²) in [6, 6.07) is -0.469. The highest BCUT2D eigenvalue weighted by Crippen LogP contribution is 2.28. The fourth-order valence-electron chi connectivity index (χ4n) is 3.00. The Morgan fingerprint density at radius 2 is 2.14 bits per heavy atom. The first-order valence-electron chi connectivity index (χ1n) is 7.38. The molecule has 0 aliphatic heterocycles. The van der Waals surface area contributed by atoms with Gasteiger partial charge in [-0.05, 0) is 29.2 Å². The van der Waals surface area contributed by atoms with Crippen molar-refractivity contribution < 1.29 is 10.2 Å². The molecule has 2 aromatic rings. The van der Waals surface area contributed by atoms with Crippen molar-refractivity contribution in [1.29, 1.82) is 0 Å². The average molecular weight is 292 g/mol. The predicted octanol–water partition coefficient (Wildman–Crippen LogP) is 0.233. The van der Waals surface area contributed by atoms with Crippen molar-refractivity contribution in [2.75, 3.05) is 11.9 Å². The summed E-state index contributed by atoms with van der Waals surface area (Å²) in [6.45, 7) is -0.165. The highest BCUT2D eigenvalue weighted by Gasteiger charge is 2.29. The summed E-state index contributed by atoms with van der Waals surface area (Å²) in [5.41, 5.74) is 0.479. The van der Waals surface area contributed by atoms with Gasteiger partial charge < -0.3 is 15.5 Å². The van der Waals surface area contributed by atoms with Crippen molar-refractivity contribution in [3.05, 3.63) is 12.4 Å². The van der Waals surface area contributed by atoms with Crippen LogP contribution < -0.4 is 5.32 Å². The van der Waals surface area contributed by atoms with Gasteiger partial charge in [-0.3, -0.25) is 0 Å². The van der Waals surface area contributed by atoms with Crippen LogP contribution in [0, 0.1) is 5.92 Å². The maximum atomic E-state index is 10.5. The second-order valence-corrected chi connectivity index (χ2v) is 5.54. The van der Waals surface area contributed by atoms with E-state index in [1.807, 2.05) is 0 Å². The molecule has 1 aliphatic rings. The molecule has 0 saturated heterocycles. The molecule has 114 valence electrons. The monoisotopic (exact) mass is 292 g/mol. The molecule has 8 nitrogen and oxygen atoms in total. The van der Waals surface area contributed by atoms with Gasteiger partial charge in [0.25, 0.3) is 0 Å². The Morgan fingerprint density at radius 1 is 1.33 bits per heavy atom. The van der Waals surface area contributed by atoms with Crippen LogP contribution in [0.3, 0.4) is 0 Å². The molecular formula is C13H20N6O2. The number of hydrogen-bond acceptors (Lipinski definition) is 7. The minimum Gasteiger partial charge on any atom is -0.394 e. The van der Waals surface area contributed by atoms with Crippen LogP contribution in [0.1, 0.15) is 32.1 Å². The zero-order valence-electron chi connectivity index (χ0n) is 11.8. The molecule has 2 atom stereocenters. The highest BCUT2D eigenvalue weighted by atomic mass is 16.3. The number of aliphatic hydroxyl groups excluding tert-OH is 2. The Labute approximate surface area is 122 Å². The van der Waals surface area contributed by atoms with E-state index < -0.39 is 12.1 Å². The van der Waals surface area contributed by atoms with Crippen LogP contribution in [0.4, 0.5) is 5.82 Å². The van der Waals surface area contributed by atoms with Crippen molar-refractivity contribution in [2.45, 2.75) is 44.2 Å². The summed E-state index contributed by atoms with van der Waals surface area (Å²) in [6.07, 6.45) is 8.14. The molecule has 1 saturated carbocycles. The number of rotatable bonds is 5. The number of fused-ring (bicyclic) bond motifs is 1. The van der Waals surface area contributed by atoms with E-state index in [1.54, 1.807) is 12.4 Å². The van der Waals surface area contributed by atoms with Gasteiger partial charge in [-0.2, -0.15) is 4.52 Å². The third-order valence-electron chi connectivity index (χ3n) is 4.18. The first-order chi connectivity index (χ1) is 10.3. The van der Waals surface area contributed by atoms with Crippen molar-refractivity contribution in [1.82, 2.24) is 25.0 Å². The number of nitrogens with one attached hydrogen (secondary N) is 1. The Kier molecular flexibility index (Phi) is 4.26. The first kappa shape index (κ1) is 14.2. The lowest BCUT2D eigenvalue weighted by Crippen LogP contribution is -2.42. The van der Waals surface area contributed by atoms with Crippen molar-refractivity contribution in [2.24, 2.45) is 5.92 Å². The number of aromatic nitrogens is 5. The molecule has 0 spiro atoms. The minimum absolute atomic E-state index is 0.165. The molecule has 2 heterocycles. The lowest BCUT2D eigenvalue weighted by Gasteiger charge is -2.32. The highest BCUT2D eigenvalue weighted by molar-refractivity contribution is 5.61. The molecule has 0 radical (unpaired) electrons. The number of tetrazole rings is 1. The van der Waals surface area contributed by atoms with Gasteiger partial charge >= 0.3 is 0 Å². The summed E-state index contributed by atoms with van der Waals surface area (Å²) in [7, 11) is 0. The average Bonchev–Trinajstić information content (AvgIpc) is 3.02. The number of aliphatic hydroxyl groups is 2. The topological polar surface area (TPSA) is 108 Å². The molecule has 1 fully saturated rings. The quantitative estimate of drug-likeness (QED) is 0.724. The lowest BCUT2D eigenvalue weighted by molar-refractivity contribution is 0.0493. The standard InChI is InChI=1S/C13H20N6O2/c20-8-10(11(21)9-4-2-1-3-5-9)15-12-13-16-17-18-19(13)7-6-14-12/h6-7,9-11,20-21H,1-5,8H2,(H,14,15)/t10-,11+/m1/s1. The fraction of sp³-hybridized carbons (Fsp3) is 0.692. The Balaban J connectivity index is 1.75. The molecule has 0 bridgehead atoms. The molecule has 1 aliphatic carbocycles. The fourth-order valence-corrected chi connectivity index (χ4v) is 3.00. The van der Waals surface area contributed by atoms with Crippen molar-refractivity contribution in [3.63, 3.8) is 0 Å². The Morgan fingerprint density at radius 3 is 2.90 bits per heavy atom. The molecule has 21 heavy (non-hydrogen) atoms. The predicted molar refractivity (Wildman–Crippen MR) is 75.7 cm³/mol. The maximum Gasteiger partial charge on any atom is 0.221 e. The van der Waals surface area contributed by atoms with E-state index in [4.69, 9.17) is 0 Å². The van der Waals surface area contributed by atoms with E-state index >= 15 is 0 Å². The van der Waals surface area contributed by atoms with E-state index in [0.717, 1.165) is 25.7 Å². The zero-order chi connectivity index (χ0) is 14.7. The van der Waals surface area contributed by atoms with Gasteiger partial charge in [-0.15, -0.1) is 5.10 Å². The summed E-state index contributed by atoms with van der Waals surface area (Å²) >= 11 is 0. The zero-order valence-corrected chi connectivity index (χ0v) is 11.8. The van der Waals surface area contributed by atoms with E-state index in [-0.39, 0.29) is 12.5 Å². The van der Waals surface area contributed by atoms with Crippen LogP contribution in [-0.2, 0) is 0 Å². The van der Waals surface area contributed by atoms with Crippen LogP contribution in [-0.4, -0.2) is 54.0 Å². The summed E-state index contributed by atoms with van der Waals surface area (Å²) in [5.74, 6) is 0.690. The van der Waals surface area contributed by atoms with Gasteiger partial charge in [0.05, 0.1) is 24.9 Å². The van der Waals surface area contributed by atoms with Gasteiger partial charge in [0, 0.05) is 6.20 Å². The van der Waals surface area contributed by atoms with Gasteiger partial charge in [0.2, 0.25) is 5.65 Å². The van der Waals surface area contributed by atoms with Crippen LogP contribution in [0.5, 0.6) is 0 Å². The van der Waals surface area contributed by atoms with E-state index in [2.05, 4.69) is 25.8 Å². The van der Waals surface area contributed by atoms with Gasteiger partial charge in [-0.25, -0.2) is 4.98 Å². The summed E-state index contributed by atoms with van der Waals surface area (Å²) in [4.78, 5) is 4.20. The lowest BCUT2D eigenvalue weighted by atomic mass is 9.83. The van der Waals surface area contributed by atoms with Crippen LogP contribution >= 0.6 is 0 Å². The van der Waals surface area contributed by atoms with E-state index in [1.165, 1.54) is 10.9 Å². The molecule has 0 amide bonds. The number of anilines is 1. The smallest absolute Gasteiger partial charge is 0.221 e. The van der Waals surface area contributed by atoms with Gasteiger partial charge in [-0.1, -0.05) is 19.3 Å². The molecular weight excluding hydrogens is 272 g/mol. The van der Waals surface area contributed by atoms with Crippen molar-refractivity contribution in [3.8, 4) is 0 Å². The van der Waals surface area contributed by atoms with Gasteiger partial charge in [0.1, 0.15) is 0 Å². The number of hydrogen-bond donors (Lipinski definition) is 3. The van der Waals surface area contributed by atoms with Crippen molar-refractivity contribution >= 4 is 11.5 Å². The molecule has 8 heteroatoms. The molecule has 0 unspecified atom stereocenters. The number of nitrogens with zero attached hydrogens (tertiary/aromatic N) is 5. The Hall–Kier alpha value is -1.80. The molecule has 0 aromatic carbocycles. The first-order valence-corrected chi connectivity index (χ1v) is 7.38. The summed E-state index contributed by atoms with van der Waals surface area (Å²) < 4.78 is 1.50. The van der Waals surface area contributed by atoms with E-state index in [9.17, 15) is 10.2 Å². The van der Waals surface area contributed by atoms with Crippen LogP contribution in [0.15, 0.2) is 12.4 Å². The normalized spacial score (nSPS) is 19.5. The molecule has 3 rings (SSSR count). The second kappa shape index (κ2) is 6.31. The largest absolute Gasteiger partial charge is 0.394 e. The minimum atomic E-state index is -0.603.